The molecule has 0 radical (unpaired) electrons. The van der Waals surface area contributed by atoms with E-state index in [1.807, 2.05) is 66.7 Å². The summed E-state index contributed by atoms with van der Waals surface area (Å²) in [5.41, 5.74) is 2.38. The van der Waals surface area contributed by atoms with Gasteiger partial charge in [-0.2, -0.15) is 0 Å². The Labute approximate surface area is 186 Å². The minimum absolute atomic E-state index is 0.141. The summed E-state index contributed by atoms with van der Waals surface area (Å²) in [5.74, 6) is -1.34. The molecule has 0 bridgehead atoms. The Bertz CT molecular complexity index is 1380. The van der Waals surface area contributed by atoms with E-state index < -0.39 is 17.7 Å². The Morgan fingerprint density at radius 2 is 1.69 bits per heavy atom. The fourth-order valence-corrected chi connectivity index (χ4v) is 4.66. The van der Waals surface area contributed by atoms with Gasteiger partial charge in [0.15, 0.2) is 0 Å². The maximum Gasteiger partial charge on any atom is 0.295 e. The van der Waals surface area contributed by atoms with Crippen LogP contribution in [-0.2, 0) is 9.59 Å². The fourth-order valence-electron chi connectivity index (χ4n) is 4.66. The third-order valence-electron chi connectivity index (χ3n) is 6.25. The van der Waals surface area contributed by atoms with Crippen LogP contribution in [0.2, 0.25) is 0 Å². The van der Waals surface area contributed by atoms with Crippen molar-refractivity contribution in [1.82, 2.24) is 9.88 Å². The number of aliphatic hydroxyl groups excluding tert-OH is 1. The predicted octanol–water partition coefficient (Wildman–Crippen LogP) is 5.54. The van der Waals surface area contributed by atoms with Crippen LogP contribution in [0.3, 0.4) is 0 Å². The topological polar surface area (TPSA) is 73.4 Å². The summed E-state index contributed by atoms with van der Waals surface area (Å²) in [6.45, 7) is 2.51. The van der Waals surface area contributed by atoms with Gasteiger partial charge in [-0.15, -0.1) is 0 Å². The van der Waals surface area contributed by atoms with Crippen LogP contribution in [0.15, 0.2) is 78.5 Å². The van der Waals surface area contributed by atoms with Crippen molar-refractivity contribution < 1.29 is 14.7 Å². The van der Waals surface area contributed by atoms with Gasteiger partial charge in [-0.05, 0) is 28.8 Å². The second-order valence-electron chi connectivity index (χ2n) is 8.16. The Morgan fingerprint density at radius 3 is 2.50 bits per heavy atom. The van der Waals surface area contributed by atoms with Gasteiger partial charge < -0.3 is 15.0 Å². The molecule has 4 aromatic rings. The normalized spacial score (nSPS) is 18.2. The van der Waals surface area contributed by atoms with E-state index in [1.165, 1.54) is 0 Å². The lowest BCUT2D eigenvalue weighted by atomic mass is 9.91. The highest BCUT2D eigenvalue weighted by Gasteiger charge is 2.46. The van der Waals surface area contributed by atoms with E-state index in [2.05, 4.69) is 11.9 Å². The van der Waals surface area contributed by atoms with Crippen molar-refractivity contribution in [3.05, 3.63) is 89.6 Å². The number of aromatic nitrogens is 1. The number of nitrogens with zero attached hydrogens (tertiary/aromatic N) is 1. The van der Waals surface area contributed by atoms with Gasteiger partial charge in [0.25, 0.3) is 11.7 Å². The minimum Gasteiger partial charge on any atom is -0.507 e. The third kappa shape index (κ3) is 3.09. The number of amides is 1. The van der Waals surface area contributed by atoms with Gasteiger partial charge in [0.05, 0.1) is 11.6 Å². The number of hydrogen-bond acceptors (Lipinski definition) is 3. The van der Waals surface area contributed by atoms with Crippen LogP contribution in [0.1, 0.15) is 36.9 Å². The zero-order valence-corrected chi connectivity index (χ0v) is 17.8. The number of nitrogens with one attached hydrogen (secondary N) is 1. The van der Waals surface area contributed by atoms with Crippen molar-refractivity contribution >= 4 is 39.1 Å². The fraction of sp³-hybridized carbons (Fsp3) is 0.185. The van der Waals surface area contributed by atoms with Crippen LogP contribution in [0.4, 0.5) is 0 Å². The molecular weight excluding hydrogens is 400 g/mol. The van der Waals surface area contributed by atoms with Crippen LogP contribution in [0, 0.1) is 0 Å². The molecule has 160 valence electrons. The van der Waals surface area contributed by atoms with E-state index in [9.17, 15) is 14.7 Å². The van der Waals surface area contributed by atoms with E-state index in [4.69, 9.17) is 0 Å². The van der Waals surface area contributed by atoms with Crippen molar-refractivity contribution in [3.63, 3.8) is 0 Å². The highest BCUT2D eigenvalue weighted by Crippen LogP contribution is 2.42. The van der Waals surface area contributed by atoms with Crippen LogP contribution < -0.4 is 0 Å². The van der Waals surface area contributed by atoms with E-state index in [-0.39, 0.29) is 11.3 Å². The SMILES string of the molecule is CCCCN1C(=O)C(=O)/C(=C(/O)c2c[nH]c3ccccc23)C1c1cccc2ccccc12. The van der Waals surface area contributed by atoms with E-state index >= 15 is 0 Å². The number of ketones is 1. The second kappa shape index (κ2) is 8.00. The number of hydrogen-bond donors (Lipinski definition) is 2. The summed E-state index contributed by atoms with van der Waals surface area (Å²) in [6.07, 6.45) is 3.37. The average Bonchev–Trinajstić information content (AvgIpc) is 3.36. The van der Waals surface area contributed by atoms with Gasteiger partial charge in [-0.25, -0.2) is 0 Å². The average molecular weight is 425 g/mol. The van der Waals surface area contributed by atoms with Gasteiger partial charge in [0.1, 0.15) is 5.76 Å². The zero-order valence-electron chi connectivity index (χ0n) is 17.8. The maximum absolute atomic E-state index is 13.3. The lowest BCUT2D eigenvalue weighted by molar-refractivity contribution is -0.139. The highest BCUT2D eigenvalue weighted by atomic mass is 16.3. The second-order valence-corrected chi connectivity index (χ2v) is 8.16. The molecule has 1 aliphatic rings. The molecule has 5 heteroatoms. The first-order valence-corrected chi connectivity index (χ1v) is 10.9. The smallest absolute Gasteiger partial charge is 0.295 e. The summed E-state index contributed by atoms with van der Waals surface area (Å²) in [7, 11) is 0. The van der Waals surface area contributed by atoms with E-state index in [1.54, 1.807) is 11.1 Å². The van der Waals surface area contributed by atoms with Gasteiger partial charge in [-0.1, -0.05) is 74.0 Å². The number of H-pyrrole nitrogens is 1. The summed E-state index contributed by atoms with van der Waals surface area (Å²) < 4.78 is 0. The van der Waals surface area contributed by atoms with Gasteiger partial charge in [0.2, 0.25) is 0 Å². The van der Waals surface area contributed by atoms with Crippen molar-refractivity contribution in [2.24, 2.45) is 0 Å². The molecule has 0 saturated carbocycles. The molecule has 2 N–H and O–H groups in total. The third-order valence-corrected chi connectivity index (χ3v) is 6.25. The summed E-state index contributed by atoms with van der Waals surface area (Å²) >= 11 is 0. The minimum atomic E-state index is -0.638. The molecule has 5 nitrogen and oxygen atoms in total. The van der Waals surface area contributed by atoms with E-state index in [0.29, 0.717) is 12.1 Å². The van der Waals surface area contributed by atoms with Crippen molar-refractivity contribution in [2.75, 3.05) is 6.54 Å². The molecule has 1 aromatic heterocycles. The molecule has 0 aliphatic carbocycles. The van der Waals surface area contributed by atoms with Crippen molar-refractivity contribution in [1.29, 1.82) is 0 Å². The number of aliphatic hydroxyl groups is 1. The van der Waals surface area contributed by atoms with Crippen LogP contribution >= 0.6 is 0 Å². The molecule has 32 heavy (non-hydrogen) atoms. The number of likely N-dealkylation sites (tertiary alicyclic amines) is 1. The number of Topliss-reactive ketones (excluding diaryl/α,β-unsaturated/α-hetero) is 1. The van der Waals surface area contributed by atoms with Gasteiger partial charge in [-0.3, -0.25) is 9.59 Å². The molecular formula is C27H24N2O3. The monoisotopic (exact) mass is 424 g/mol. The largest absolute Gasteiger partial charge is 0.507 e. The zero-order chi connectivity index (χ0) is 22.2. The molecule has 1 aliphatic heterocycles. The first-order chi connectivity index (χ1) is 15.6. The van der Waals surface area contributed by atoms with Gasteiger partial charge >= 0.3 is 0 Å². The van der Waals surface area contributed by atoms with Gasteiger partial charge in [0, 0.05) is 29.2 Å². The quantitative estimate of drug-likeness (QED) is 0.251. The molecule has 1 amide bonds. The Morgan fingerprint density at radius 1 is 0.969 bits per heavy atom. The Balaban J connectivity index is 1.77. The number of carbonyl (C=O) groups is 2. The number of benzene rings is 3. The molecule has 1 saturated heterocycles. The number of aromatic amines is 1. The number of unbranched alkanes of at least 4 members (excludes halogenated alkanes) is 1. The molecule has 3 aromatic carbocycles. The molecule has 2 heterocycles. The Kier molecular flexibility index (Phi) is 5.02. The highest BCUT2D eigenvalue weighted by molar-refractivity contribution is 6.46. The first kappa shape index (κ1) is 20.1. The lowest BCUT2D eigenvalue weighted by Crippen LogP contribution is -2.30. The molecule has 1 unspecified atom stereocenters. The molecule has 0 spiro atoms. The molecule has 1 atom stereocenters. The molecule has 1 fully saturated rings. The van der Waals surface area contributed by atoms with Crippen LogP contribution in [0.25, 0.3) is 27.4 Å². The maximum atomic E-state index is 13.3. The first-order valence-electron chi connectivity index (χ1n) is 10.9. The van der Waals surface area contributed by atoms with Crippen LogP contribution in [0.5, 0.6) is 0 Å². The number of fused-ring (bicyclic) bond motifs is 2. The summed E-state index contributed by atoms with van der Waals surface area (Å²) in [4.78, 5) is 31.1. The number of carbonyl (C=O) groups excluding carboxylic acids is 2. The number of rotatable bonds is 5. The van der Waals surface area contributed by atoms with Crippen molar-refractivity contribution in [2.45, 2.75) is 25.8 Å². The van der Waals surface area contributed by atoms with Crippen molar-refractivity contribution in [3.8, 4) is 0 Å². The number of para-hydroxylation sites is 1. The summed E-state index contributed by atoms with van der Waals surface area (Å²) in [5, 5.41) is 14.2. The van der Waals surface area contributed by atoms with Crippen LogP contribution in [-0.4, -0.2) is 33.2 Å². The summed E-state index contributed by atoms with van der Waals surface area (Å²) in [6, 6.07) is 20.8. The molecule has 5 rings (SSSR count). The Hall–Kier alpha value is -3.86. The lowest BCUT2D eigenvalue weighted by Gasteiger charge is -2.26. The standard InChI is InChI=1S/C27H24N2O3/c1-2-3-15-29-24(20-13-8-10-17-9-4-5-11-18(17)20)23(26(31)27(29)32)25(30)21-16-28-22-14-7-6-12-19(21)22/h4-14,16,24,28,30H,2-3,15H2,1H3/b25-23+. The van der Waals surface area contributed by atoms with E-state index in [0.717, 1.165) is 40.1 Å². The predicted molar refractivity (Wildman–Crippen MR) is 126 cm³/mol.